The molecule has 0 unspecified atom stereocenters. The Morgan fingerprint density at radius 2 is 1.59 bits per heavy atom. The molecule has 0 saturated carbocycles. The first kappa shape index (κ1) is 22.4. The maximum absolute atomic E-state index is 11.6. The van der Waals surface area contributed by atoms with Gasteiger partial charge in [0.2, 0.25) is 5.91 Å². The molecule has 1 aliphatic heterocycles. The molecule has 150 valence electrons. The molecule has 10 heteroatoms. The standard InChI is InChI=1S/C17H23NO9/c1-6-7-23-17-14(18-9(2)19)16(26-12(5)22)15(25-11(4)21)13(27-17)8-24-10(3)20/h1,13-17H,7-8H2,2-5H3,(H,18,19)/t13-,14-,15-,16-,17+/m1/s1. The van der Waals surface area contributed by atoms with Crippen molar-refractivity contribution in [1.29, 1.82) is 0 Å². The molecule has 0 aliphatic carbocycles. The predicted octanol–water partition coefficient (Wildman–Crippen LogP) is -0.708. The highest BCUT2D eigenvalue weighted by Crippen LogP contribution is 2.27. The minimum absolute atomic E-state index is 0.161. The maximum atomic E-state index is 11.6. The van der Waals surface area contributed by atoms with Gasteiger partial charge < -0.3 is 29.0 Å². The van der Waals surface area contributed by atoms with E-state index < -0.39 is 54.5 Å². The van der Waals surface area contributed by atoms with Crippen LogP contribution >= 0.6 is 0 Å². The molecule has 0 aromatic heterocycles. The van der Waals surface area contributed by atoms with Crippen molar-refractivity contribution in [3.63, 3.8) is 0 Å². The molecule has 27 heavy (non-hydrogen) atoms. The van der Waals surface area contributed by atoms with Crippen LogP contribution in [0.2, 0.25) is 0 Å². The van der Waals surface area contributed by atoms with Gasteiger partial charge in [-0.05, 0) is 0 Å². The van der Waals surface area contributed by atoms with Crippen molar-refractivity contribution in [2.45, 2.75) is 58.3 Å². The second-order valence-corrected chi connectivity index (χ2v) is 5.74. The van der Waals surface area contributed by atoms with Crippen LogP contribution in [0.4, 0.5) is 0 Å². The Bertz CT molecular complexity index is 612. The van der Waals surface area contributed by atoms with Gasteiger partial charge in [-0.2, -0.15) is 0 Å². The van der Waals surface area contributed by atoms with Crippen LogP contribution in [0.15, 0.2) is 0 Å². The van der Waals surface area contributed by atoms with E-state index in [9.17, 15) is 19.2 Å². The number of hydrogen-bond acceptors (Lipinski definition) is 9. The Labute approximate surface area is 156 Å². The molecule has 0 radical (unpaired) electrons. The first-order valence-electron chi connectivity index (χ1n) is 8.11. The van der Waals surface area contributed by atoms with Crippen LogP contribution in [0.1, 0.15) is 27.7 Å². The molecule has 0 spiro atoms. The molecule has 1 amide bonds. The molecule has 1 N–H and O–H groups in total. The van der Waals surface area contributed by atoms with Crippen molar-refractivity contribution in [2.24, 2.45) is 0 Å². The van der Waals surface area contributed by atoms with Gasteiger partial charge in [0.15, 0.2) is 18.5 Å². The second-order valence-electron chi connectivity index (χ2n) is 5.74. The lowest BCUT2D eigenvalue weighted by Crippen LogP contribution is -2.66. The van der Waals surface area contributed by atoms with Gasteiger partial charge in [-0.3, -0.25) is 19.2 Å². The van der Waals surface area contributed by atoms with Gasteiger partial charge >= 0.3 is 17.9 Å². The zero-order valence-electron chi connectivity index (χ0n) is 15.6. The fourth-order valence-electron chi connectivity index (χ4n) is 2.56. The summed E-state index contributed by atoms with van der Waals surface area (Å²) in [6.45, 7) is 4.29. The van der Waals surface area contributed by atoms with E-state index in [0.29, 0.717) is 0 Å². The van der Waals surface area contributed by atoms with Gasteiger partial charge in [-0.1, -0.05) is 5.92 Å². The quantitative estimate of drug-likeness (QED) is 0.343. The molecular formula is C17H23NO9. The molecule has 0 bridgehead atoms. The van der Waals surface area contributed by atoms with E-state index in [4.69, 9.17) is 30.1 Å². The zero-order chi connectivity index (χ0) is 20.6. The molecule has 5 atom stereocenters. The molecule has 1 aliphatic rings. The number of rotatable bonds is 7. The highest BCUT2D eigenvalue weighted by atomic mass is 16.7. The number of carbonyl (C=O) groups is 4. The third-order valence-corrected chi connectivity index (χ3v) is 3.40. The van der Waals surface area contributed by atoms with Crippen molar-refractivity contribution in [3.8, 4) is 12.3 Å². The van der Waals surface area contributed by atoms with Gasteiger partial charge in [0.05, 0.1) is 0 Å². The van der Waals surface area contributed by atoms with Crippen LogP contribution in [-0.2, 0) is 42.9 Å². The normalized spacial score (nSPS) is 27.0. The van der Waals surface area contributed by atoms with E-state index in [1.807, 2.05) is 0 Å². The van der Waals surface area contributed by atoms with E-state index in [-0.39, 0.29) is 13.2 Å². The number of esters is 3. The van der Waals surface area contributed by atoms with E-state index >= 15 is 0 Å². The summed E-state index contributed by atoms with van der Waals surface area (Å²) >= 11 is 0. The summed E-state index contributed by atoms with van der Waals surface area (Å²) in [5, 5.41) is 2.55. The zero-order valence-corrected chi connectivity index (χ0v) is 15.6. The molecule has 1 fully saturated rings. The predicted molar refractivity (Wildman–Crippen MR) is 88.8 cm³/mol. The van der Waals surface area contributed by atoms with Crippen LogP contribution in [-0.4, -0.2) is 67.7 Å². The fraction of sp³-hybridized carbons (Fsp3) is 0.647. The number of terminal acetylenes is 1. The Morgan fingerprint density at radius 1 is 1.00 bits per heavy atom. The van der Waals surface area contributed by atoms with Gasteiger partial charge in [-0.15, -0.1) is 6.42 Å². The lowest BCUT2D eigenvalue weighted by atomic mass is 9.96. The van der Waals surface area contributed by atoms with Crippen molar-refractivity contribution >= 4 is 23.8 Å². The van der Waals surface area contributed by atoms with Crippen molar-refractivity contribution in [1.82, 2.24) is 5.32 Å². The number of nitrogens with one attached hydrogen (secondary N) is 1. The first-order valence-corrected chi connectivity index (χ1v) is 8.11. The topological polar surface area (TPSA) is 126 Å². The Kier molecular flexibility index (Phi) is 8.71. The van der Waals surface area contributed by atoms with Crippen molar-refractivity contribution in [2.75, 3.05) is 13.2 Å². The lowest BCUT2D eigenvalue weighted by molar-refractivity contribution is -0.274. The van der Waals surface area contributed by atoms with Gasteiger partial charge in [0.25, 0.3) is 0 Å². The van der Waals surface area contributed by atoms with Gasteiger partial charge in [0, 0.05) is 27.7 Å². The number of carbonyl (C=O) groups excluding carboxylic acids is 4. The maximum Gasteiger partial charge on any atom is 0.303 e. The minimum atomic E-state index is -1.16. The molecule has 1 heterocycles. The van der Waals surface area contributed by atoms with Crippen LogP contribution in [0.5, 0.6) is 0 Å². The SMILES string of the molecule is C#CCO[C@H]1O[C@H](COC(C)=O)[C@@H](OC(C)=O)[C@H](OC(C)=O)[C@H]1NC(C)=O. The second kappa shape index (κ2) is 10.5. The lowest BCUT2D eigenvalue weighted by Gasteiger charge is -2.44. The van der Waals surface area contributed by atoms with Gasteiger partial charge in [-0.25, -0.2) is 0 Å². The average molecular weight is 385 g/mol. The highest BCUT2D eigenvalue weighted by Gasteiger charge is 2.51. The highest BCUT2D eigenvalue weighted by molar-refractivity contribution is 5.73. The largest absolute Gasteiger partial charge is 0.463 e. The van der Waals surface area contributed by atoms with E-state index in [0.717, 1.165) is 13.8 Å². The minimum Gasteiger partial charge on any atom is -0.463 e. The Hall–Kier alpha value is -2.64. The fourth-order valence-corrected chi connectivity index (χ4v) is 2.56. The molecule has 0 aromatic carbocycles. The number of amides is 1. The molecule has 1 rings (SSSR count). The summed E-state index contributed by atoms with van der Waals surface area (Å²) in [7, 11) is 0. The third kappa shape index (κ3) is 7.24. The van der Waals surface area contributed by atoms with Crippen LogP contribution in [0.3, 0.4) is 0 Å². The van der Waals surface area contributed by atoms with Crippen molar-refractivity contribution in [3.05, 3.63) is 0 Å². The summed E-state index contributed by atoms with van der Waals surface area (Å²) in [6.07, 6.45) is 0.717. The summed E-state index contributed by atoms with van der Waals surface area (Å²) < 4.78 is 26.6. The first-order chi connectivity index (χ1) is 12.6. The summed E-state index contributed by atoms with van der Waals surface area (Å²) in [5.41, 5.74) is 0. The molecule has 10 nitrogen and oxygen atoms in total. The number of ether oxygens (including phenoxy) is 5. The van der Waals surface area contributed by atoms with Gasteiger partial charge in [0.1, 0.15) is 25.4 Å². The monoisotopic (exact) mass is 385 g/mol. The van der Waals surface area contributed by atoms with Crippen LogP contribution in [0.25, 0.3) is 0 Å². The smallest absolute Gasteiger partial charge is 0.303 e. The Balaban J connectivity index is 3.25. The average Bonchev–Trinajstić information content (AvgIpc) is 2.54. The Morgan fingerprint density at radius 3 is 2.07 bits per heavy atom. The number of hydrogen-bond donors (Lipinski definition) is 1. The molecule has 1 saturated heterocycles. The van der Waals surface area contributed by atoms with E-state index in [1.54, 1.807) is 0 Å². The third-order valence-electron chi connectivity index (χ3n) is 3.40. The molecular weight excluding hydrogens is 362 g/mol. The van der Waals surface area contributed by atoms with E-state index in [2.05, 4.69) is 11.2 Å². The van der Waals surface area contributed by atoms with Crippen LogP contribution < -0.4 is 5.32 Å². The summed E-state index contributed by atoms with van der Waals surface area (Å²) in [5.74, 6) is -0.158. The van der Waals surface area contributed by atoms with E-state index in [1.165, 1.54) is 13.8 Å². The summed E-state index contributed by atoms with van der Waals surface area (Å²) in [4.78, 5) is 45.9. The van der Waals surface area contributed by atoms with Crippen molar-refractivity contribution < 1.29 is 42.9 Å². The molecule has 0 aromatic rings. The van der Waals surface area contributed by atoms with Crippen LogP contribution in [0, 0.1) is 12.3 Å². The summed E-state index contributed by atoms with van der Waals surface area (Å²) in [6, 6.07) is -1.02.